The van der Waals surface area contributed by atoms with Gasteiger partial charge in [-0.1, -0.05) is 70.7 Å². The molecule has 3 aromatic rings. The van der Waals surface area contributed by atoms with E-state index in [1.54, 1.807) is 49.4 Å². The largest absolute Gasteiger partial charge is 0.350 e. The number of anilines is 1. The number of amides is 2. The molecule has 214 valence electrons. The van der Waals surface area contributed by atoms with Crippen LogP contribution in [0.3, 0.4) is 0 Å². The molecule has 3 rings (SSSR count). The number of nitrogens with one attached hydrogen (secondary N) is 1. The highest BCUT2D eigenvalue weighted by Crippen LogP contribution is 2.35. The molecule has 0 aliphatic carbocycles. The van der Waals surface area contributed by atoms with Crippen molar-refractivity contribution in [3.05, 3.63) is 92.9 Å². The third-order valence-electron chi connectivity index (χ3n) is 6.00. The monoisotopic (exact) mass is 623 g/mol. The van der Waals surface area contributed by atoms with Gasteiger partial charge in [-0.05, 0) is 76.6 Å². The lowest BCUT2D eigenvalue weighted by atomic mass is 10.1. The van der Waals surface area contributed by atoms with Crippen LogP contribution in [0.15, 0.2) is 71.6 Å². The Morgan fingerprint density at radius 1 is 0.950 bits per heavy atom. The molecule has 3 aromatic carbocycles. The second-order valence-corrected chi connectivity index (χ2v) is 13.5. The van der Waals surface area contributed by atoms with E-state index in [-0.39, 0.29) is 27.2 Å². The van der Waals surface area contributed by atoms with Crippen LogP contribution in [-0.2, 0) is 26.2 Å². The lowest BCUT2D eigenvalue weighted by Gasteiger charge is -2.33. The molecule has 1 unspecified atom stereocenters. The number of sulfonamides is 1. The summed E-state index contributed by atoms with van der Waals surface area (Å²) < 4.78 is 28.8. The number of hydrogen-bond acceptors (Lipinski definition) is 4. The molecule has 11 heteroatoms. The Bertz CT molecular complexity index is 1490. The smallest absolute Gasteiger partial charge is 0.264 e. The predicted octanol–water partition coefficient (Wildman–Crippen LogP) is 6.48. The van der Waals surface area contributed by atoms with Gasteiger partial charge in [-0.3, -0.25) is 13.9 Å². The number of hydrogen-bond donors (Lipinski definition) is 1. The van der Waals surface area contributed by atoms with Crippen molar-refractivity contribution in [3.63, 3.8) is 0 Å². The molecule has 1 atom stereocenters. The van der Waals surface area contributed by atoms with Gasteiger partial charge >= 0.3 is 0 Å². The SMILES string of the molecule is Cc1ccc(S(=O)(=O)N(CC(=O)N(Cc2cccc(Cl)c2)C(C)C(=O)NC(C)(C)C)c2cccc(Cl)c2Cl)cc1. The van der Waals surface area contributed by atoms with Gasteiger partial charge in [0.05, 0.1) is 20.6 Å². The molecule has 0 fully saturated rings. The van der Waals surface area contributed by atoms with E-state index in [1.165, 1.54) is 29.2 Å². The average Bonchev–Trinajstić information content (AvgIpc) is 2.86. The van der Waals surface area contributed by atoms with Gasteiger partial charge < -0.3 is 10.2 Å². The van der Waals surface area contributed by atoms with Crippen molar-refractivity contribution >= 4 is 62.3 Å². The summed E-state index contributed by atoms with van der Waals surface area (Å²) in [7, 11) is -4.27. The number of carbonyl (C=O) groups is 2. The molecule has 0 aliphatic heterocycles. The Hall–Kier alpha value is -2.78. The maximum absolute atomic E-state index is 14.0. The first-order valence-corrected chi connectivity index (χ1v) is 15.1. The number of aryl methyl sites for hydroxylation is 1. The fraction of sp³-hybridized carbons (Fsp3) is 0.310. The molecule has 0 aromatic heterocycles. The third-order valence-corrected chi connectivity index (χ3v) is 8.81. The first kappa shape index (κ1) is 31.7. The standard InChI is InChI=1S/C29H32Cl3N3O4S/c1-19-12-14-23(15-13-19)40(38,39)35(25-11-7-10-24(31)27(25)32)18-26(36)34(17-21-8-6-9-22(30)16-21)20(2)28(37)33-29(3,4)5/h6-16,20H,17-18H2,1-5H3,(H,33,37). The van der Waals surface area contributed by atoms with Crippen molar-refractivity contribution in [1.29, 1.82) is 0 Å². The summed E-state index contributed by atoms with van der Waals surface area (Å²) in [5.74, 6) is -1.01. The van der Waals surface area contributed by atoms with Crippen molar-refractivity contribution in [2.24, 2.45) is 0 Å². The molecule has 0 spiro atoms. The van der Waals surface area contributed by atoms with Crippen LogP contribution in [0.5, 0.6) is 0 Å². The minimum absolute atomic E-state index is 0.0137. The number of benzene rings is 3. The molecule has 0 heterocycles. The van der Waals surface area contributed by atoms with E-state index < -0.39 is 40.0 Å². The summed E-state index contributed by atoms with van der Waals surface area (Å²) in [6.45, 7) is 8.30. The molecule has 0 radical (unpaired) electrons. The van der Waals surface area contributed by atoms with Crippen LogP contribution in [0.2, 0.25) is 15.1 Å². The minimum atomic E-state index is -4.27. The number of carbonyl (C=O) groups excluding carboxylic acids is 2. The Kier molecular flexibility index (Phi) is 10.2. The maximum Gasteiger partial charge on any atom is 0.264 e. The molecule has 0 saturated heterocycles. The number of rotatable bonds is 9. The second-order valence-electron chi connectivity index (χ2n) is 10.5. The molecular formula is C29H32Cl3N3O4S. The first-order chi connectivity index (χ1) is 18.6. The van der Waals surface area contributed by atoms with Gasteiger partial charge in [-0.15, -0.1) is 0 Å². The average molecular weight is 625 g/mol. The number of halogens is 3. The van der Waals surface area contributed by atoms with Gasteiger partial charge in [0.1, 0.15) is 12.6 Å². The van der Waals surface area contributed by atoms with E-state index in [4.69, 9.17) is 34.8 Å². The lowest BCUT2D eigenvalue weighted by Crippen LogP contribution is -2.54. The van der Waals surface area contributed by atoms with Gasteiger partial charge in [0.15, 0.2) is 0 Å². The molecule has 40 heavy (non-hydrogen) atoms. The lowest BCUT2D eigenvalue weighted by molar-refractivity contribution is -0.140. The van der Waals surface area contributed by atoms with Gasteiger partial charge in [-0.25, -0.2) is 8.42 Å². The molecule has 0 saturated carbocycles. The van der Waals surface area contributed by atoms with E-state index >= 15 is 0 Å². The molecule has 7 nitrogen and oxygen atoms in total. The van der Waals surface area contributed by atoms with E-state index in [0.717, 1.165) is 9.87 Å². The van der Waals surface area contributed by atoms with Gasteiger partial charge in [-0.2, -0.15) is 0 Å². The van der Waals surface area contributed by atoms with Crippen LogP contribution in [0, 0.1) is 6.92 Å². The minimum Gasteiger partial charge on any atom is -0.350 e. The highest BCUT2D eigenvalue weighted by atomic mass is 35.5. The molecule has 0 bridgehead atoms. The van der Waals surface area contributed by atoms with E-state index in [1.807, 2.05) is 27.7 Å². The second kappa shape index (κ2) is 12.8. The van der Waals surface area contributed by atoms with Crippen LogP contribution in [-0.4, -0.2) is 43.3 Å². The quantitative estimate of drug-likeness (QED) is 0.295. The first-order valence-electron chi connectivity index (χ1n) is 12.5. The Labute approximate surface area is 251 Å². The summed E-state index contributed by atoms with van der Waals surface area (Å²) >= 11 is 18.9. The molecular weight excluding hydrogens is 593 g/mol. The van der Waals surface area contributed by atoms with E-state index in [2.05, 4.69) is 5.32 Å². The zero-order chi connectivity index (χ0) is 29.8. The van der Waals surface area contributed by atoms with Crippen molar-refractivity contribution in [1.82, 2.24) is 10.2 Å². The Morgan fingerprint density at radius 3 is 2.17 bits per heavy atom. The zero-order valence-electron chi connectivity index (χ0n) is 22.9. The summed E-state index contributed by atoms with van der Waals surface area (Å²) in [4.78, 5) is 28.4. The van der Waals surface area contributed by atoms with Crippen LogP contribution >= 0.6 is 34.8 Å². The van der Waals surface area contributed by atoms with E-state index in [9.17, 15) is 18.0 Å². The Morgan fingerprint density at radius 2 is 1.57 bits per heavy atom. The summed E-state index contributed by atoms with van der Waals surface area (Å²) in [6, 6.07) is 16.8. The molecule has 2 amide bonds. The van der Waals surface area contributed by atoms with Gasteiger partial charge in [0.2, 0.25) is 11.8 Å². The fourth-order valence-electron chi connectivity index (χ4n) is 3.92. The van der Waals surface area contributed by atoms with Gasteiger partial charge in [0, 0.05) is 17.1 Å². The van der Waals surface area contributed by atoms with Crippen molar-refractivity contribution in [2.45, 2.75) is 57.6 Å². The molecule has 1 N–H and O–H groups in total. The summed E-state index contributed by atoms with van der Waals surface area (Å²) in [5, 5.41) is 3.46. The Balaban J connectivity index is 2.08. The van der Waals surface area contributed by atoms with E-state index in [0.29, 0.717) is 10.6 Å². The van der Waals surface area contributed by atoms with Crippen LogP contribution in [0.25, 0.3) is 0 Å². The van der Waals surface area contributed by atoms with Gasteiger partial charge in [0.25, 0.3) is 10.0 Å². The topological polar surface area (TPSA) is 86.8 Å². The van der Waals surface area contributed by atoms with Crippen LogP contribution < -0.4 is 9.62 Å². The van der Waals surface area contributed by atoms with Crippen LogP contribution in [0.4, 0.5) is 5.69 Å². The third kappa shape index (κ3) is 7.91. The van der Waals surface area contributed by atoms with Crippen molar-refractivity contribution < 1.29 is 18.0 Å². The number of nitrogens with zero attached hydrogens (tertiary/aromatic N) is 2. The highest BCUT2D eigenvalue weighted by molar-refractivity contribution is 7.92. The zero-order valence-corrected chi connectivity index (χ0v) is 26.0. The summed E-state index contributed by atoms with van der Waals surface area (Å²) in [5.41, 5.74) is 1.03. The maximum atomic E-state index is 14.0. The highest BCUT2D eigenvalue weighted by Gasteiger charge is 2.34. The fourth-order valence-corrected chi connectivity index (χ4v) is 6.01. The van der Waals surface area contributed by atoms with Crippen molar-refractivity contribution in [3.8, 4) is 0 Å². The molecule has 0 aliphatic rings. The normalized spacial score (nSPS) is 12.5. The summed E-state index contributed by atoms with van der Waals surface area (Å²) in [6.07, 6.45) is 0. The van der Waals surface area contributed by atoms with Crippen molar-refractivity contribution in [2.75, 3.05) is 10.8 Å². The predicted molar refractivity (Wildman–Crippen MR) is 162 cm³/mol. The van der Waals surface area contributed by atoms with Crippen LogP contribution in [0.1, 0.15) is 38.8 Å².